The summed E-state index contributed by atoms with van der Waals surface area (Å²) >= 11 is 6.04. The summed E-state index contributed by atoms with van der Waals surface area (Å²) in [5, 5.41) is 11.5. The van der Waals surface area contributed by atoms with Gasteiger partial charge in [-0.2, -0.15) is 0 Å². The number of ketones is 1. The third-order valence-electron chi connectivity index (χ3n) is 5.54. The Labute approximate surface area is 182 Å². The Morgan fingerprint density at radius 1 is 1.03 bits per heavy atom. The summed E-state index contributed by atoms with van der Waals surface area (Å²) in [6.07, 6.45) is 0.740. The minimum Gasteiger partial charge on any atom is -0.507 e. The maximum Gasteiger partial charge on any atom is 0.295 e. The number of benzene rings is 2. The van der Waals surface area contributed by atoms with E-state index in [9.17, 15) is 14.7 Å². The van der Waals surface area contributed by atoms with E-state index in [-0.39, 0.29) is 11.3 Å². The number of Topliss-reactive ketones (excluding diaryl/α,β-unsaturated/α-hetero) is 1. The number of hydrogen-bond acceptors (Lipinski definition) is 4. The molecule has 1 aliphatic rings. The first-order chi connectivity index (χ1) is 14.5. The fourth-order valence-corrected chi connectivity index (χ4v) is 3.98. The van der Waals surface area contributed by atoms with Crippen molar-refractivity contribution in [2.75, 3.05) is 26.2 Å². The van der Waals surface area contributed by atoms with Crippen LogP contribution in [0.5, 0.6) is 0 Å². The maximum absolute atomic E-state index is 12.9. The zero-order chi connectivity index (χ0) is 21.7. The van der Waals surface area contributed by atoms with Gasteiger partial charge in [0.1, 0.15) is 5.76 Å². The Balaban J connectivity index is 2.00. The quantitative estimate of drug-likeness (QED) is 0.383. The van der Waals surface area contributed by atoms with E-state index in [0.717, 1.165) is 31.6 Å². The summed E-state index contributed by atoms with van der Waals surface area (Å²) in [4.78, 5) is 29.7. The molecule has 1 saturated heterocycles. The maximum atomic E-state index is 12.9. The molecule has 30 heavy (non-hydrogen) atoms. The van der Waals surface area contributed by atoms with Crippen molar-refractivity contribution < 1.29 is 14.7 Å². The molecule has 2 aromatic rings. The van der Waals surface area contributed by atoms with Gasteiger partial charge in [0.05, 0.1) is 11.6 Å². The number of carbonyl (C=O) groups is 2. The lowest BCUT2D eigenvalue weighted by atomic mass is 9.95. The molecule has 1 amide bonds. The molecule has 158 valence electrons. The highest BCUT2D eigenvalue weighted by Crippen LogP contribution is 2.39. The molecule has 0 radical (unpaired) electrons. The summed E-state index contributed by atoms with van der Waals surface area (Å²) in [5.41, 5.74) is 1.38. The van der Waals surface area contributed by atoms with Gasteiger partial charge in [-0.3, -0.25) is 9.59 Å². The summed E-state index contributed by atoms with van der Waals surface area (Å²) in [5.74, 6) is -1.38. The lowest BCUT2D eigenvalue weighted by molar-refractivity contribution is -0.140. The number of hydrogen-bond donors (Lipinski definition) is 1. The zero-order valence-electron chi connectivity index (χ0n) is 17.3. The summed E-state index contributed by atoms with van der Waals surface area (Å²) < 4.78 is 0. The molecule has 5 nitrogen and oxygen atoms in total. The number of aliphatic hydroxyl groups is 1. The van der Waals surface area contributed by atoms with E-state index in [0.29, 0.717) is 17.1 Å². The molecular formula is C24H27ClN2O3. The molecule has 6 heteroatoms. The van der Waals surface area contributed by atoms with Gasteiger partial charge >= 0.3 is 0 Å². The van der Waals surface area contributed by atoms with Crippen molar-refractivity contribution in [2.45, 2.75) is 26.3 Å². The largest absolute Gasteiger partial charge is 0.507 e. The van der Waals surface area contributed by atoms with Gasteiger partial charge in [0.15, 0.2) is 0 Å². The Morgan fingerprint density at radius 2 is 1.67 bits per heavy atom. The van der Waals surface area contributed by atoms with Crippen molar-refractivity contribution in [3.05, 3.63) is 76.3 Å². The second-order valence-electron chi connectivity index (χ2n) is 7.29. The summed E-state index contributed by atoms with van der Waals surface area (Å²) in [6.45, 7) is 7.34. The van der Waals surface area contributed by atoms with Gasteiger partial charge in [-0.05, 0) is 43.8 Å². The molecule has 2 aromatic carbocycles. The molecule has 0 spiro atoms. The first kappa shape index (κ1) is 22.1. The van der Waals surface area contributed by atoms with Gasteiger partial charge in [0.25, 0.3) is 11.7 Å². The summed E-state index contributed by atoms with van der Waals surface area (Å²) in [7, 11) is 0. The molecule has 1 fully saturated rings. The highest BCUT2D eigenvalue weighted by atomic mass is 35.5. The van der Waals surface area contributed by atoms with Gasteiger partial charge in [-0.25, -0.2) is 0 Å². The van der Waals surface area contributed by atoms with Crippen LogP contribution in [0.4, 0.5) is 0 Å². The fourth-order valence-electron chi connectivity index (χ4n) is 3.86. The van der Waals surface area contributed by atoms with Crippen LogP contribution in [-0.4, -0.2) is 52.8 Å². The standard InChI is InChI=1S/C24H27ClN2O3/c1-3-26(4-2)15-8-16-27-21(17-11-13-19(25)14-12-17)20(23(29)24(27)30)22(28)18-9-6-5-7-10-18/h5-7,9-14,21,28H,3-4,8,15-16H2,1-2H3/b22-20-. The predicted molar refractivity (Wildman–Crippen MR) is 119 cm³/mol. The van der Waals surface area contributed by atoms with Gasteiger partial charge < -0.3 is 14.9 Å². The topological polar surface area (TPSA) is 60.9 Å². The lowest BCUT2D eigenvalue weighted by Gasteiger charge is -2.26. The van der Waals surface area contributed by atoms with Crippen molar-refractivity contribution >= 4 is 29.1 Å². The molecule has 0 bridgehead atoms. The second-order valence-corrected chi connectivity index (χ2v) is 7.73. The molecule has 3 rings (SSSR count). The fraction of sp³-hybridized carbons (Fsp3) is 0.333. The molecule has 0 aliphatic carbocycles. The monoisotopic (exact) mass is 426 g/mol. The average Bonchev–Trinajstić information content (AvgIpc) is 3.02. The van der Waals surface area contributed by atoms with Crippen LogP contribution in [0.15, 0.2) is 60.2 Å². The van der Waals surface area contributed by atoms with Gasteiger partial charge in [-0.1, -0.05) is 67.9 Å². The van der Waals surface area contributed by atoms with E-state index < -0.39 is 17.7 Å². The van der Waals surface area contributed by atoms with Crippen molar-refractivity contribution in [3.8, 4) is 0 Å². The lowest BCUT2D eigenvalue weighted by Crippen LogP contribution is -2.33. The predicted octanol–water partition coefficient (Wildman–Crippen LogP) is 4.49. The molecule has 0 aromatic heterocycles. The van der Waals surface area contributed by atoms with E-state index >= 15 is 0 Å². The van der Waals surface area contributed by atoms with E-state index in [1.165, 1.54) is 0 Å². The Hall–Kier alpha value is -2.63. The Kier molecular flexibility index (Phi) is 7.29. The van der Waals surface area contributed by atoms with Crippen LogP contribution >= 0.6 is 11.6 Å². The van der Waals surface area contributed by atoms with Crippen LogP contribution in [0.25, 0.3) is 5.76 Å². The molecular weight excluding hydrogens is 400 g/mol. The smallest absolute Gasteiger partial charge is 0.295 e. The van der Waals surface area contributed by atoms with Gasteiger partial charge in [-0.15, -0.1) is 0 Å². The zero-order valence-corrected chi connectivity index (χ0v) is 18.1. The van der Waals surface area contributed by atoms with Crippen LogP contribution in [0.1, 0.15) is 37.4 Å². The minimum absolute atomic E-state index is 0.122. The minimum atomic E-state index is -0.654. The number of amides is 1. The molecule has 1 atom stereocenters. The van der Waals surface area contributed by atoms with Crippen LogP contribution in [-0.2, 0) is 9.59 Å². The van der Waals surface area contributed by atoms with E-state index in [1.54, 1.807) is 53.4 Å². The number of rotatable bonds is 8. The Morgan fingerprint density at radius 3 is 2.27 bits per heavy atom. The second kappa shape index (κ2) is 9.92. The molecule has 1 N–H and O–H groups in total. The van der Waals surface area contributed by atoms with E-state index in [4.69, 9.17) is 11.6 Å². The first-order valence-electron chi connectivity index (χ1n) is 10.3. The van der Waals surface area contributed by atoms with E-state index in [2.05, 4.69) is 18.7 Å². The summed E-state index contributed by atoms with van der Waals surface area (Å²) in [6, 6.07) is 15.3. The average molecular weight is 427 g/mol. The number of halogens is 1. The van der Waals surface area contributed by atoms with Crippen LogP contribution in [0, 0.1) is 0 Å². The third-order valence-corrected chi connectivity index (χ3v) is 5.79. The molecule has 1 aliphatic heterocycles. The van der Waals surface area contributed by atoms with Crippen LogP contribution in [0.2, 0.25) is 5.02 Å². The molecule has 1 heterocycles. The third kappa shape index (κ3) is 4.58. The first-order valence-corrected chi connectivity index (χ1v) is 10.7. The SMILES string of the molecule is CCN(CC)CCCN1C(=O)C(=O)/C(=C(\O)c2ccccc2)C1c1ccc(Cl)cc1. The highest BCUT2D eigenvalue weighted by Gasteiger charge is 2.45. The number of carbonyl (C=O) groups excluding carboxylic acids is 2. The van der Waals surface area contributed by atoms with Crippen LogP contribution < -0.4 is 0 Å². The van der Waals surface area contributed by atoms with Crippen molar-refractivity contribution in [2.24, 2.45) is 0 Å². The van der Waals surface area contributed by atoms with Crippen molar-refractivity contribution in [1.82, 2.24) is 9.80 Å². The number of nitrogens with zero attached hydrogens (tertiary/aromatic N) is 2. The Bertz CT molecular complexity index is 921. The van der Waals surface area contributed by atoms with E-state index in [1.807, 2.05) is 6.07 Å². The highest BCUT2D eigenvalue weighted by molar-refractivity contribution is 6.46. The number of likely N-dealkylation sites (tertiary alicyclic amines) is 1. The van der Waals surface area contributed by atoms with Gasteiger partial charge in [0, 0.05) is 17.1 Å². The van der Waals surface area contributed by atoms with Crippen molar-refractivity contribution in [1.29, 1.82) is 0 Å². The van der Waals surface area contributed by atoms with Crippen LogP contribution in [0.3, 0.4) is 0 Å². The van der Waals surface area contributed by atoms with Crippen molar-refractivity contribution in [3.63, 3.8) is 0 Å². The number of aliphatic hydroxyl groups excluding tert-OH is 1. The molecule has 1 unspecified atom stereocenters. The molecule has 0 saturated carbocycles. The van der Waals surface area contributed by atoms with Gasteiger partial charge in [0.2, 0.25) is 0 Å². The normalized spacial score (nSPS) is 18.4.